The maximum atomic E-state index is 8.73. The highest BCUT2D eigenvalue weighted by atomic mass is 15.0. The lowest BCUT2D eigenvalue weighted by Gasteiger charge is -2.08. The first-order valence-electron chi connectivity index (χ1n) is 5.61. The molecule has 0 aliphatic rings. The number of nitrogen functional groups attached to an aromatic ring is 1. The Morgan fingerprint density at radius 3 is 2.53 bits per heavy atom. The molecule has 0 radical (unpaired) electrons. The van der Waals surface area contributed by atoms with E-state index >= 15 is 0 Å². The lowest BCUT2D eigenvalue weighted by atomic mass is 10.1. The third-order valence-electron chi connectivity index (χ3n) is 2.55. The van der Waals surface area contributed by atoms with Crippen LogP contribution in [0.25, 0.3) is 0 Å². The van der Waals surface area contributed by atoms with E-state index in [1.165, 1.54) is 6.20 Å². The van der Waals surface area contributed by atoms with E-state index in [2.05, 4.69) is 16.4 Å². The number of pyridine rings is 1. The van der Waals surface area contributed by atoms with Gasteiger partial charge in [-0.15, -0.1) is 0 Å². The Bertz CT molecular complexity index is 662. The molecule has 0 amide bonds. The fraction of sp³-hybridized carbons (Fsp3) is 0.0714. The molecule has 3 N–H and O–H groups in total. The fourth-order valence-corrected chi connectivity index (χ4v) is 1.58. The van der Waals surface area contributed by atoms with E-state index in [0.29, 0.717) is 23.5 Å². The van der Waals surface area contributed by atoms with E-state index in [1.54, 1.807) is 6.07 Å². The summed E-state index contributed by atoms with van der Waals surface area (Å²) < 4.78 is 0. The minimum atomic E-state index is 0.386. The number of benzene rings is 1. The molecule has 2 rings (SSSR count). The Morgan fingerprint density at radius 2 is 1.95 bits per heavy atom. The van der Waals surface area contributed by atoms with Crippen molar-refractivity contribution < 1.29 is 0 Å². The summed E-state index contributed by atoms with van der Waals surface area (Å²) in [5.74, 6) is 0.507. The molecular formula is C14H11N5. The molecule has 0 atom stereocenters. The first-order valence-corrected chi connectivity index (χ1v) is 5.61. The van der Waals surface area contributed by atoms with Crippen LogP contribution in [0.1, 0.15) is 11.1 Å². The molecule has 1 aromatic carbocycles. The summed E-state index contributed by atoms with van der Waals surface area (Å²) in [7, 11) is 0. The van der Waals surface area contributed by atoms with Crippen LogP contribution in [0, 0.1) is 22.7 Å². The van der Waals surface area contributed by atoms with Gasteiger partial charge in [-0.1, -0.05) is 12.1 Å². The monoisotopic (exact) mass is 249 g/mol. The summed E-state index contributed by atoms with van der Waals surface area (Å²) in [5.41, 5.74) is 8.42. The first kappa shape index (κ1) is 12.4. The third-order valence-corrected chi connectivity index (χ3v) is 2.55. The van der Waals surface area contributed by atoms with Crippen molar-refractivity contribution in [1.29, 1.82) is 10.5 Å². The minimum Gasteiger partial charge on any atom is -0.396 e. The number of hydrogen-bond acceptors (Lipinski definition) is 5. The zero-order valence-corrected chi connectivity index (χ0v) is 10.1. The summed E-state index contributed by atoms with van der Waals surface area (Å²) in [6, 6.07) is 13.1. The van der Waals surface area contributed by atoms with Crippen molar-refractivity contribution in [1.82, 2.24) is 4.98 Å². The molecule has 0 saturated carbocycles. The SMILES string of the molecule is N#CCc1ccc(Nc2ncc(C#N)cc2N)cc1. The number of anilines is 3. The van der Waals surface area contributed by atoms with Crippen LogP contribution < -0.4 is 11.1 Å². The molecule has 0 aliphatic heterocycles. The molecule has 2 aromatic rings. The topological polar surface area (TPSA) is 98.5 Å². The Morgan fingerprint density at radius 1 is 1.21 bits per heavy atom. The fourth-order valence-electron chi connectivity index (χ4n) is 1.58. The number of nitrogens with zero attached hydrogens (tertiary/aromatic N) is 3. The molecule has 0 unspecified atom stereocenters. The van der Waals surface area contributed by atoms with Crippen molar-refractivity contribution in [2.75, 3.05) is 11.1 Å². The Labute approximate surface area is 110 Å². The average molecular weight is 249 g/mol. The molecule has 0 aliphatic carbocycles. The van der Waals surface area contributed by atoms with Crippen molar-refractivity contribution >= 4 is 17.2 Å². The van der Waals surface area contributed by atoms with Crippen LogP contribution in [0.4, 0.5) is 17.2 Å². The molecule has 92 valence electrons. The van der Waals surface area contributed by atoms with Gasteiger partial charge in [-0.3, -0.25) is 0 Å². The smallest absolute Gasteiger partial charge is 0.153 e. The Hall–Kier alpha value is -3.05. The van der Waals surface area contributed by atoms with E-state index in [4.69, 9.17) is 16.3 Å². The van der Waals surface area contributed by atoms with Gasteiger partial charge in [0.05, 0.1) is 23.7 Å². The highest BCUT2D eigenvalue weighted by Crippen LogP contribution is 2.21. The Balaban J connectivity index is 2.17. The van der Waals surface area contributed by atoms with Gasteiger partial charge in [0, 0.05) is 11.9 Å². The van der Waals surface area contributed by atoms with Gasteiger partial charge in [-0.25, -0.2) is 4.98 Å². The number of rotatable bonds is 3. The van der Waals surface area contributed by atoms with Crippen molar-refractivity contribution in [3.05, 3.63) is 47.7 Å². The summed E-state index contributed by atoms with van der Waals surface area (Å²) in [6.45, 7) is 0. The Kier molecular flexibility index (Phi) is 3.61. The summed E-state index contributed by atoms with van der Waals surface area (Å²) in [5, 5.41) is 20.4. The van der Waals surface area contributed by atoms with Crippen LogP contribution in [0.15, 0.2) is 36.5 Å². The van der Waals surface area contributed by atoms with Gasteiger partial charge < -0.3 is 11.1 Å². The zero-order valence-electron chi connectivity index (χ0n) is 10.1. The highest BCUT2D eigenvalue weighted by Gasteiger charge is 2.03. The number of nitrogens with one attached hydrogen (secondary N) is 1. The predicted octanol–water partition coefficient (Wildman–Crippen LogP) is 2.35. The van der Waals surface area contributed by atoms with Crippen molar-refractivity contribution in [3.8, 4) is 12.1 Å². The molecule has 5 heteroatoms. The van der Waals surface area contributed by atoms with Crippen LogP contribution >= 0.6 is 0 Å². The second-order valence-corrected chi connectivity index (χ2v) is 3.93. The second-order valence-electron chi connectivity index (χ2n) is 3.93. The van der Waals surface area contributed by atoms with Crippen LogP contribution in [0.5, 0.6) is 0 Å². The molecule has 19 heavy (non-hydrogen) atoms. The van der Waals surface area contributed by atoms with E-state index in [-0.39, 0.29) is 0 Å². The van der Waals surface area contributed by atoms with Crippen LogP contribution in [-0.2, 0) is 6.42 Å². The zero-order chi connectivity index (χ0) is 13.7. The molecule has 5 nitrogen and oxygen atoms in total. The molecule has 0 bridgehead atoms. The van der Waals surface area contributed by atoms with E-state index in [0.717, 1.165) is 11.3 Å². The van der Waals surface area contributed by atoms with E-state index in [9.17, 15) is 0 Å². The van der Waals surface area contributed by atoms with Gasteiger partial charge in [0.2, 0.25) is 0 Å². The molecule has 0 saturated heterocycles. The lowest BCUT2D eigenvalue weighted by molar-refractivity contribution is 1.25. The first-order chi connectivity index (χ1) is 9.22. The number of nitrogens with two attached hydrogens (primary N) is 1. The second kappa shape index (κ2) is 5.52. The van der Waals surface area contributed by atoms with Crippen molar-refractivity contribution in [3.63, 3.8) is 0 Å². The van der Waals surface area contributed by atoms with Gasteiger partial charge in [0.25, 0.3) is 0 Å². The molecule has 0 fully saturated rings. The maximum Gasteiger partial charge on any atom is 0.153 e. The lowest BCUT2D eigenvalue weighted by Crippen LogP contribution is -1.99. The minimum absolute atomic E-state index is 0.386. The normalized spacial score (nSPS) is 9.37. The van der Waals surface area contributed by atoms with Gasteiger partial charge in [0.1, 0.15) is 6.07 Å². The van der Waals surface area contributed by atoms with Gasteiger partial charge >= 0.3 is 0 Å². The molecule has 1 heterocycles. The average Bonchev–Trinajstić information content (AvgIpc) is 2.43. The van der Waals surface area contributed by atoms with E-state index in [1.807, 2.05) is 30.3 Å². The molecular weight excluding hydrogens is 238 g/mol. The van der Waals surface area contributed by atoms with Crippen LogP contribution in [0.3, 0.4) is 0 Å². The number of nitriles is 2. The summed E-state index contributed by atoms with van der Waals surface area (Å²) in [4.78, 5) is 4.09. The quantitative estimate of drug-likeness (QED) is 0.869. The van der Waals surface area contributed by atoms with Gasteiger partial charge in [-0.2, -0.15) is 10.5 Å². The third kappa shape index (κ3) is 2.99. The predicted molar refractivity (Wildman–Crippen MR) is 72.4 cm³/mol. The summed E-state index contributed by atoms with van der Waals surface area (Å²) in [6.07, 6.45) is 1.85. The van der Waals surface area contributed by atoms with Crippen molar-refractivity contribution in [2.24, 2.45) is 0 Å². The van der Waals surface area contributed by atoms with Gasteiger partial charge in [0.15, 0.2) is 5.82 Å². The molecule has 1 aromatic heterocycles. The van der Waals surface area contributed by atoms with Crippen LogP contribution in [0.2, 0.25) is 0 Å². The largest absolute Gasteiger partial charge is 0.396 e. The summed E-state index contributed by atoms with van der Waals surface area (Å²) >= 11 is 0. The van der Waals surface area contributed by atoms with E-state index < -0.39 is 0 Å². The van der Waals surface area contributed by atoms with Crippen LogP contribution in [-0.4, -0.2) is 4.98 Å². The van der Waals surface area contributed by atoms with Crippen molar-refractivity contribution in [2.45, 2.75) is 6.42 Å². The highest BCUT2D eigenvalue weighted by molar-refractivity contribution is 5.69. The van der Waals surface area contributed by atoms with Gasteiger partial charge in [-0.05, 0) is 23.8 Å². The number of hydrogen-bond donors (Lipinski definition) is 2. The maximum absolute atomic E-state index is 8.73. The number of aromatic nitrogens is 1. The molecule has 0 spiro atoms. The standard InChI is InChI=1S/C14H11N5/c15-6-5-10-1-3-12(4-2-10)19-14-13(17)7-11(8-16)9-18-14/h1-4,7,9H,5,17H2,(H,18,19).